The molecule has 1 aromatic heterocycles. The van der Waals surface area contributed by atoms with Crippen molar-refractivity contribution in [2.24, 2.45) is 7.05 Å². The molecule has 170 valence electrons. The van der Waals surface area contributed by atoms with Crippen LogP contribution in [0.1, 0.15) is 49.3 Å². The number of allylic oxidation sites excluding steroid dienone is 1. The molecule has 0 saturated carbocycles. The van der Waals surface area contributed by atoms with Crippen LogP contribution in [0.3, 0.4) is 0 Å². The third kappa shape index (κ3) is 5.53. The molecule has 0 unspecified atom stereocenters. The monoisotopic (exact) mass is 526 g/mol. The van der Waals surface area contributed by atoms with Gasteiger partial charge in [0.05, 0.1) is 22.2 Å². The fourth-order valence-electron chi connectivity index (χ4n) is 3.47. The van der Waals surface area contributed by atoms with E-state index in [0.717, 1.165) is 36.6 Å². The largest absolute Gasteiger partial charge is 0.477 e. The van der Waals surface area contributed by atoms with Gasteiger partial charge in [-0.15, -0.1) is 11.8 Å². The second kappa shape index (κ2) is 12.0. The Bertz CT molecular complexity index is 985. The number of rotatable bonds is 7. The van der Waals surface area contributed by atoms with E-state index in [9.17, 15) is 4.79 Å². The van der Waals surface area contributed by atoms with Crippen molar-refractivity contribution in [3.8, 4) is 5.75 Å². The van der Waals surface area contributed by atoms with Gasteiger partial charge in [-0.25, -0.2) is 4.79 Å². The van der Waals surface area contributed by atoms with Gasteiger partial charge in [0.1, 0.15) is 12.5 Å². The minimum Gasteiger partial charge on any atom is -0.477 e. The van der Waals surface area contributed by atoms with E-state index in [0.29, 0.717) is 31.2 Å². The van der Waals surface area contributed by atoms with Crippen molar-refractivity contribution in [3.63, 3.8) is 0 Å². The van der Waals surface area contributed by atoms with Crippen LogP contribution < -0.4 is 4.74 Å². The van der Waals surface area contributed by atoms with Crippen LogP contribution >= 0.6 is 39.5 Å². The summed E-state index contributed by atoms with van der Waals surface area (Å²) in [7, 11) is 4.01. The number of hydrogen-bond donors (Lipinski definition) is 0. The van der Waals surface area contributed by atoms with Crippen LogP contribution in [0.4, 0.5) is 0 Å². The molecular weight excluding hydrogens is 496 g/mol. The quantitative estimate of drug-likeness (QED) is 0.365. The molecule has 31 heavy (non-hydrogen) atoms. The Hall–Kier alpha value is -1.35. The number of esters is 1. The predicted octanol–water partition coefficient (Wildman–Crippen LogP) is 6.90. The Kier molecular flexibility index (Phi) is 10.1. The summed E-state index contributed by atoms with van der Waals surface area (Å²) in [5.74, 6) is 1.18. The van der Waals surface area contributed by atoms with E-state index < -0.39 is 0 Å². The first kappa shape index (κ1) is 25.9. The van der Waals surface area contributed by atoms with Crippen molar-refractivity contribution >= 4 is 56.3 Å². The molecule has 8 heteroatoms. The van der Waals surface area contributed by atoms with Gasteiger partial charge in [0.2, 0.25) is 0 Å². The van der Waals surface area contributed by atoms with Crippen molar-refractivity contribution in [1.82, 2.24) is 9.47 Å². The first-order valence-electron chi connectivity index (χ1n) is 10.3. The standard InChI is InChI=1S/C21H25BrN2O3S2.C2H6/c1-6-17(28-8-3)29-11-16-19(21(25)26-7-2)18-13-10-23(4)12-27-20(13)14(22)9-15(18)24(16)5;1-2/h6,8-9H,3,7,10-12H2,1-2,4-5H3;1-2H3/b17-6+;. The van der Waals surface area contributed by atoms with Crippen LogP contribution in [-0.4, -0.2) is 35.8 Å². The highest BCUT2D eigenvalue weighted by molar-refractivity contribution is 9.10. The average molecular weight is 528 g/mol. The van der Waals surface area contributed by atoms with Gasteiger partial charge < -0.3 is 14.0 Å². The number of ether oxygens (including phenoxy) is 2. The van der Waals surface area contributed by atoms with Crippen LogP contribution in [0.15, 0.2) is 32.8 Å². The topological polar surface area (TPSA) is 43.7 Å². The number of benzene rings is 1. The zero-order chi connectivity index (χ0) is 23.1. The summed E-state index contributed by atoms with van der Waals surface area (Å²) in [6, 6.07) is 2.03. The van der Waals surface area contributed by atoms with E-state index >= 15 is 0 Å². The van der Waals surface area contributed by atoms with Gasteiger partial charge in [0.25, 0.3) is 0 Å². The van der Waals surface area contributed by atoms with Crippen LogP contribution in [0.5, 0.6) is 5.75 Å². The lowest BCUT2D eigenvalue weighted by Crippen LogP contribution is -2.28. The Morgan fingerprint density at radius 2 is 2.10 bits per heavy atom. The fraction of sp³-hybridized carbons (Fsp3) is 0.435. The number of halogens is 1. The van der Waals surface area contributed by atoms with Gasteiger partial charge in [-0.2, -0.15) is 0 Å². The highest BCUT2D eigenvalue weighted by Gasteiger charge is 2.29. The number of nitrogens with zero attached hydrogens (tertiary/aromatic N) is 2. The summed E-state index contributed by atoms with van der Waals surface area (Å²) in [5.41, 5.74) is 3.59. The minimum absolute atomic E-state index is 0.287. The van der Waals surface area contributed by atoms with E-state index in [1.54, 1.807) is 23.5 Å². The summed E-state index contributed by atoms with van der Waals surface area (Å²) >= 11 is 6.93. The number of thioether (sulfide) groups is 2. The molecule has 0 radical (unpaired) electrons. The molecule has 3 rings (SSSR count). The predicted molar refractivity (Wildman–Crippen MR) is 138 cm³/mol. The maximum atomic E-state index is 13.0. The average Bonchev–Trinajstić information content (AvgIpc) is 3.04. The van der Waals surface area contributed by atoms with Gasteiger partial charge >= 0.3 is 5.97 Å². The van der Waals surface area contributed by atoms with Gasteiger partial charge in [0.15, 0.2) is 0 Å². The molecule has 0 spiro atoms. The lowest BCUT2D eigenvalue weighted by Gasteiger charge is -2.27. The third-order valence-electron chi connectivity index (χ3n) is 4.74. The van der Waals surface area contributed by atoms with Crippen molar-refractivity contribution in [1.29, 1.82) is 0 Å². The maximum absolute atomic E-state index is 13.0. The lowest BCUT2D eigenvalue weighted by molar-refractivity contribution is 0.0527. The van der Waals surface area contributed by atoms with E-state index in [4.69, 9.17) is 9.47 Å². The summed E-state index contributed by atoms with van der Waals surface area (Å²) in [4.78, 5) is 15.1. The highest BCUT2D eigenvalue weighted by atomic mass is 79.9. The van der Waals surface area contributed by atoms with Crippen molar-refractivity contribution in [2.45, 2.75) is 40.0 Å². The Balaban J connectivity index is 0.00000166. The molecule has 5 nitrogen and oxygen atoms in total. The second-order valence-corrected chi connectivity index (χ2v) is 9.77. The smallest absolute Gasteiger partial charge is 0.340 e. The van der Waals surface area contributed by atoms with Gasteiger partial charge in [0, 0.05) is 40.2 Å². The third-order valence-corrected chi connectivity index (χ3v) is 7.54. The van der Waals surface area contributed by atoms with Crippen LogP contribution in [0.2, 0.25) is 0 Å². The zero-order valence-electron chi connectivity index (χ0n) is 19.1. The highest BCUT2D eigenvalue weighted by Crippen LogP contribution is 2.43. The van der Waals surface area contributed by atoms with Crippen molar-refractivity contribution in [3.05, 3.63) is 49.7 Å². The molecule has 2 aromatic rings. The lowest BCUT2D eigenvalue weighted by atomic mass is 10.0. The van der Waals surface area contributed by atoms with Crippen LogP contribution in [0, 0.1) is 0 Å². The fourth-order valence-corrected chi connectivity index (χ4v) is 5.77. The Labute approximate surface area is 202 Å². The minimum atomic E-state index is -0.287. The SMILES string of the molecule is C=CS/C(=C\C)SCc1c(C(=O)OCC)c2c3c(c(Br)cc2n1C)OCN(C)C3.CC. The van der Waals surface area contributed by atoms with Gasteiger partial charge in [-0.1, -0.05) is 38.3 Å². The zero-order valence-corrected chi connectivity index (χ0v) is 22.3. The molecule has 0 aliphatic carbocycles. The first-order chi connectivity index (χ1) is 14.9. The number of aromatic nitrogens is 1. The normalized spacial score (nSPS) is 13.8. The molecule has 0 atom stereocenters. The summed E-state index contributed by atoms with van der Waals surface area (Å²) in [6.45, 7) is 13.2. The van der Waals surface area contributed by atoms with Crippen molar-refractivity contribution < 1.29 is 14.3 Å². The van der Waals surface area contributed by atoms with E-state index in [1.165, 1.54) is 0 Å². The van der Waals surface area contributed by atoms with Gasteiger partial charge in [-0.05, 0) is 48.3 Å². The molecule has 0 saturated heterocycles. The molecule has 0 N–H and O–H groups in total. The second-order valence-electron chi connectivity index (χ2n) is 6.63. The molecule has 2 heterocycles. The summed E-state index contributed by atoms with van der Waals surface area (Å²) in [5, 5.41) is 2.74. The number of aryl methyl sites for hydroxylation is 1. The Morgan fingerprint density at radius 1 is 1.39 bits per heavy atom. The van der Waals surface area contributed by atoms with E-state index in [2.05, 4.69) is 38.1 Å². The van der Waals surface area contributed by atoms with Crippen molar-refractivity contribution in [2.75, 3.05) is 20.4 Å². The number of carbonyl (C=O) groups is 1. The molecular formula is C23H31BrN2O3S2. The molecule has 0 fully saturated rings. The van der Waals surface area contributed by atoms with E-state index in [1.807, 2.05) is 53.3 Å². The molecule has 0 bridgehead atoms. The molecule has 1 aliphatic heterocycles. The number of hydrogen-bond acceptors (Lipinski definition) is 6. The molecule has 1 aromatic carbocycles. The van der Waals surface area contributed by atoms with Crippen LogP contribution in [0.25, 0.3) is 10.9 Å². The number of fused-ring (bicyclic) bond motifs is 3. The van der Waals surface area contributed by atoms with E-state index in [-0.39, 0.29) is 5.97 Å². The summed E-state index contributed by atoms with van der Waals surface area (Å²) in [6.07, 6.45) is 2.06. The Morgan fingerprint density at radius 3 is 2.71 bits per heavy atom. The number of carbonyl (C=O) groups excluding carboxylic acids is 1. The van der Waals surface area contributed by atoms with Gasteiger partial charge in [-0.3, -0.25) is 4.90 Å². The molecule has 1 aliphatic rings. The summed E-state index contributed by atoms with van der Waals surface area (Å²) < 4.78 is 15.6. The maximum Gasteiger partial charge on any atom is 0.340 e. The first-order valence-corrected chi connectivity index (χ1v) is 13.0. The molecule has 0 amide bonds. The van der Waals surface area contributed by atoms with Crippen LogP contribution in [-0.2, 0) is 24.1 Å².